The molecule has 2 aliphatic rings. The molecule has 13 nitrogen and oxygen atoms in total. The van der Waals surface area contributed by atoms with Crippen LogP contribution in [0, 0.1) is 0 Å². The highest BCUT2D eigenvalue weighted by atomic mass is 16.7. The van der Waals surface area contributed by atoms with E-state index in [-0.39, 0.29) is 18.0 Å². The molecule has 32 heavy (non-hydrogen) atoms. The molecule has 1 saturated heterocycles. The number of esters is 3. The number of rotatable bonds is 5. The zero-order chi connectivity index (χ0) is 22.7. The van der Waals surface area contributed by atoms with Crippen LogP contribution < -0.4 is 11.2 Å². The number of nitrogens with one attached hydrogen (secondary N) is 1. The Morgan fingerprint density at radius 3 is 2.44 bits per heavy atom. The smallest absolute Gasteiger partial charge is 0.351 e. The van der Waals surface area contributed by atoms with Crippen molar-refractivity contribution in [3.63, 3.8) is 0 Å². The number of hydrogen-bond donors (Lipinski definition) is 2. The van der Waals surface area contributed by atoms with Gasteiger partial charge in [0.05, 0.1) is 5.56 Å². The van der Waals surface area contributed by atoms with Gasteiger partial charge < -0.3 is 18.9 Å². The third-order valence-electron chi connectivity index (χ3n) is 4.66. The number of nitrogens with zero attached hydrogens (tertiary/aromatic N) is 3. The maximum Gasteiger partial charge on any atom is 0.351 e. The predicted molar refractivity (Wildman–Crippen MR) is 101 cm³/mol. The lowest BCUT2D eigenvalue weighted by Gasteiger charge is -2.25. The molecule has 4 rings (SSSR count). The van der Waals surface area contributed by atoms with Crippen LogP contribution in [0.5, 0.6) is 0 Å². The van der Waals surface area contributed by atoms with Crippen LogP contribution in [0.25, 0.3) is 0 Å². The van der Waals surface area contributed by atoms with Crippen molar-refractivity contribution in [1.82, 2.24) is 14.5 Å². The van der Waals surface area contributed by atoms with E-state index in [0.29, 0.717) is 0 Å². The van der Waals surface area contributed by atoms with Gasteiger partial charge in [-0.2, -0.15) is 4.98 Å². The van der Waals surface area contributed by atoms with Crippen LogP contribution in [0.15, 0.2) is 53.7 Å². The van der Waals surface area contributed by atoms with E-state index in [0.717, 1.165) is 16.7 Å². The van der Waals surface area contributed by atoms with Crippen LogP contribution in [0.3, 0.4) is 0 Å². The van der Waals surface area contributed by atoms with Crippen molar-refractivity contribution in [3.8, 4) is 0 Å². The monoisotopic (exact) mass is 444 g/mol. The Hall–Kier alpha value is -4.10. The van der Waals surface area contributed by atoms with Crippen LogP contribution in [0.2, 0.25) is 0 Å². The van der Waals surface area contributed by atoms with E-state index in [1.165, 1.54) is 36.8 Å². The van der Waals surface area contributed by atoms with Gasteiger partial charge in [-0.1, -0.05) is 0 Å². The summed E-state index contributed by atoms with van der Waals surface area (Å²) in [5.74, 6) is -2.49. The molecule has 0 amide bonds. The fourth-order valence-corrected chi connectivity index (χ4v) is 3.21. The molecule has 2 aromatic rings. The summed E-state index contributed by atoms with van der Waals surface area (Å²) in [7, 11) is 0. The van der Waals surface area contributed by atoms with Crippen LogP contribution in [0.1, 0.15) is 16.6 Å². The van der Waals surface area contributed by atoms with Crippen molar-refractivity contribution in [2.75, 3.05) is 12.1 Å². The van der Waals surface area contributed by atoms with Gasteiger partial charge in [-0.05, 0) is 18.2 Å². The molecule has 1 fully saturated rings. The van der Waals surface area contributed by atoms with Crippen molar-refractivity contribution in [3.05, 3.63) is 65.0 Å². The zero-order valence-corrected chi connectivity index (χ0v) is 16.2. The van der Waals surface area contributed by atoms with E-state index >= 15 is 0 Å². The molecule has 2 aromatic heterocycles. The molecule has 0 saturated carbocycles. The lowest BCUT2D eigenvalue weighted by atomic mass is 10.1. The predicted octanol–water partition coefficient (Wildman–Crippen LogP) is -0.413. The van der Waals surface area contributed by atoms with Crippen LogP contribution in [-0.2, 0) is 28.5 Å². The topological polar surface area (TPSA) is 168 Å². The second-order valence-corrected chi connectivity index (χ2v) is 6.65. The Morgan fingerprint density at radius 1 is 1.09 bits per heavy atom. The first-order valence-corrected chi connectivity index (χ1v) is 9.27. The SMILES string of the molecule is O=C1/C=C\C(=O)O[C@@H]2C(O1)[C@@H](COC(=O)c1ccncc1)O[C@H]2n1ccc(NO)nc1=O. The first kappa shape index (κ1) is 21.1. The van der Waals surface area contributed by atoms with Crippen LogP contribution in [0.4, 0.5) is 5.82 Å². The van der Waals surface area contributed by atoms with E-state index in [1.807, 2.05) is 0 Å². The van der Waals surface area contributed by atoms with Gasteiger partial charge in [0.15, 0.2) is 24.3 Å². The number of hydrogen-bond acceptors (Lipinski definition) is 12. The Kier molecular flexibility index (Phi) is 5.91. The molecule has 4 heterocycles. The normalized spacial score (nSPS) is 25.5. The number of ether oxygens (including phenoxy) is 4. The molecular weight excluding hydrogens is 428 g/mol. The van der Waals surface area contributed by atoms with Crippen LogP contribution >= 0.6 is 0 Å². The lowest BCUT2D eigenvalue weighted by molar-refractivity contribution is -0.164. The molecule has 0 aliphatic carbocycles. The standard InChI is InChI=1S/C19H16N4O9/c24-13-1-2-14(25)32-16-15(31-13)11(9-29-18(26)10-3-6-20-7-4-10)30-17(16)23-8-5-12(22-28)21-19(23)27/h1-8,11,15-17,28H,9H2,(H,21,22,27)/b2-1-/t11-,15?,16-,17-/m1/s1. The summed E-state index contributed by atoms with van der Waals surface area (Å²) in [6, 6.07) is 4.18. The van der Waals surface area contributed by atoms with Gasteiger partial charge in [0, 0.05) is 30.7 Å². The Bertz CT molecular complexity index is 1120. The third kappa shape index (κ3) is 4.33. The number of fused-ring (bicyclic) bond motifs is 1. The van der Waals surface area contributed by atoms with Gasteiger partial charge in [-0.15, -0.1) is 0 Å². The van der Waals surface area contributed by atoms with Crippen LogP contribution in [-0.4, -0.2) is 62.6 Å². The Labute approximate surface area is 179 Å². The van der Waals surface area contributed by atoms with Gasteiger partial charge >= 0.3 is 23.6 Å². The number of carbonyl (C=O) groups is 3. The summed E-state index contributed by atoms with van der Waals surface area (Å²) >= 11 is 0. The first-order valence-electron chi connectivity index (χ1n) is 9.27. The van der Waals surface area contributed by atoms with Gasteiger partial charge in [0.25, 0.3) is 0 Å². The number of pyridine rings is 1. The molecule has 0 aromatic carbocycles. The zero-order valence-electron chi connectivity index (χ0n) is 16.2. The van der Waals surface area contributed by atoms with E-state index in [2.05, 4.69) is 9.97 Å². The van der Waals surface area contributed by atoms with Crippen molar-refractivity contribution in [2.24, 2.45) is 0 Å². The quantitative estimate of drug-likeness (QED) is 0.348. The summed E-state index contributed by atoms with van der Waals surface area (Å²) in [6.07, 6.45) is 1.10. The number of anilines is 1. The lowest BCUT2D eigenvalue weighted by Crippen LogP contribution is -2.43. The van der Waals surface area contributed by atoms with Gasteiger partial charge in [0.1, 0.15) is 12.7 Å². The van der Waals surface area contributed by atoms with Gasteiger partial charge in [0.2, 0.25) is 0 Å². The minimum atomic E-state index is -1.25. The molecule has 13 heteroatoms. The maximum absolute atomic E-state index is 12.4. The summed E-state index contributed by atoms with van der Waals surface area (Å²) in [5.41, 5.74) is 1.13. The van der Waals surface area contributed by atoms with E-state index < -0.39 is 48.1 Å². The summed E-state index contributed by atoms with van der Waals surface area (Å²) in [5, 5.41) is 8.92. The molecule has 2 aliphatic heterocycles. The Balaban J connectivity index is 1.61. The van der Waals surface area contributed by atoms with Gasteiger partial charge in [-0.25, -0.2) is 19.2 Å². The molecule has 0 bridgehead atoms. The highest BCUT2D eigenvalue weighted by molar-refractivity contribution is 5.92. The van der Waals surface area contributed by atoms with Crippen molar-refractivity contribution < 1.29 is 38.5 Å². The average molecular weight is 444 g/mol. The van der Waals surface area contributed by atoms with E-state index in [9.17, 15) is 19.2 Å². The molecule has 166 valence electrons. The molecule has 2 N–H and O–H groups in total. The van der Waals surface area contributed by atoms with Crippen molar-refractivity contribution >= 4 is 23.7 Å². The molecule has 0 radical (unpaired) electrons. The first-order chi connectivity index (χ1) is 15.5. The summed E-state index contributed by atoms with van der Waals surface area (Å²) in [4.78, 5) is 56.1. The number of carbonyl (C=O) groups excluding carboxylic acids is 3. The minimum absolute atomic E-state index is 0.118. The summed E-state index contributed by atoms with van der Waals surface area (Å²) < 4.78 is 22.7. The minimum Gasteiger partial charge on any atom is -0.459 e. The average Bonchev–Trinajstić information content (AvgIpc) is 3.11. The largest absolute Gasteiger partial charge is 0.459 e. The second kappa shape index (κ2) is 8.95. The third-order valence-corrected chi connectivity index (χ3v) is 4.66. The Morgan fingerprint density at radius 2 is 1.78 bits per heavy atom. The molecule has 4 atom stereocenters. The molecule has 0 spiro atoms. The van der Waals surface area contributed by atoms with Crippen molar-refractivity contribution in [1.29, 1.82) is 0 Å². The molecule has 1 unspecified atom stereocenters. The highest BCUT2D eigenvalue weighted by Crippen LogP contribution is 2.34. The fraction of sp³-hybridized carbons (Fsp3) is 0.263. The van der Waals surface area contributed by atoms with E-state index in [4.69, 9.17) is 24.2 Å². The van der Waals surface area contributed by atoms with E-state index in [1.54, 1.807) is 5.48 Å². The highest BCUT2D eigenvalue weighted by Gasteiger charge is 2.51. The second-order valence-electron chi connectivity index (χ2n) is 6.65. The van der Waals surface area contributed by atoms with Gasteiger partial charge in [-0.3, -0.25) is 20.2 Å². The maximum atomic E-state index is 12.4. The fourth-order valence-electron chi connectivity index (χ4n) is 3.21. The van der Waals surface area contributed by atoms with Crippen molar-refractivity contribution in [2.45, 2.75) is 24.5 Å². The summed E-state index contributed by atoms with van der Waals surface area (Å²) in [6.45, 7) is -0.369. The molecular formula is C19H16N4O9. The number of aromatic nitrogens is 3.